The molecule has 2 N–H and O–H groups in total. The molecule has 0 radical (unpaired) electrons. The van der Waals surface area contributed by atoms with E-state index >= 15 is 0 Å². The Morgan fingerprint density at radius 3 is 2.62 bits per heavy atom. The van der Waals surface area contributed by atoms with Crippen LogP contribution in [-0.4, -0.2) is 44.5 Å². The molecule has 1 saturated carbocycles. The van der Waals surface area contributed by atoms with Crippen molar-refractivity contribution in [1.29, 1.82) is 0 Å². The van der Waals surface area contributed by atoms with Crippen LogP contribution in [0.25, 0.3) is 11.0 Å². The fourth-order valence-electron chi connectivity index (χ4n) is 4.09. The molecule has 4 heterocycles. The minimum atomic E-state index is -0.181. The number of hydrogen-bond acceptors (Lipinski definition) is 8. The van der Waals surface area contributed by atoms with Gasteiger partial charge in [-0.1, -0.05) is 24.2 Å². The van der Waals surface area contributed by atoms with Gasteiger partial charge in [0.1, 0.15) is 10.8 Å². The Morgan fingerprint density at radius 1 is 1.03 bits per heavy atom. The minimum absolute atomic E-state index is 0. The average molecular weight is 433 g/mol. The zero-order valence-corrected chi connectivity index (χ0v) is 17.8. The fourth-order valence-corrected chi connectivity index (χ4v) is 5.01. The van der Waals surface area contributed by atoms with E-state index in [2.05, 4.69) is 31.5 Å². The number of nitrogens with zero attached hydrogens (tertiary/aromatic N) is 5. The second-order valence-electron chi connectivity index (χ2n) is 7.70. The molecule has 0 unspecified atom stereocenters. The molecule has 1 aliphatic heterocycles. The highest BCUT2D eigenvalue weighted by Crippen LogP contribution is 2.37. The first-order valence-corrected chi connectivity index (χ1v) is 10.9. The highest BCUT2D eigenvalue weighted by atomic mass is 35.5. The Balaban J connectivity index is 0.00000205. The molecule has 154 valence electrons. The maximum Gasteiger partial charge on any atom is 0.211 e. The smallest absolute Gasteiger partial charge is 0.211 e. The highest BCUT2D eigenvalue weighted by Gasteiger charge is 2.21. The van der Waals surface area contributed by atoms with Crippen LogP contribution >= 0.6 is 23.7 Å². The van der Waals surface area contributed by atoms with Crippen LogP contribution in [0.3, 0.4) is 0 Å². The second kappa shape index (κ2) is 8.77. The van der Waals surface area contributed by atoms with Gasteiger partial charge in [0.2, 0.25) is 5.13 Å². The van der Waals surface area contributed by atoms with Crippen molar-refractivity contribution in [2.75, 3.05) is 23.3 Å². The summed E-state index contributed by atoms with van der Waals surface area (Å²) >= 11 is 1.64. The van der Waals surface area contributed by atoms with Crippen LogP contribution in [0.1, 0.15) is 49.5 Å². The summed E-state index contributed by atoms with van der Waals surface area (Å²) < 4.78 is 0. The van der Waals surface area contributed by atoms with Crippen LogP contribution in [0.5, 0.6) is 0 Å². The maximum absolute atomic E-state index is 9.72. The van der Waals surface area contributed by atoms with Crippen LogP contribution in [0.15, 0.2) is 24.4 Å². The summed E-state index contributed by atoms with van der Waals surface area (Å²) in [6, 6.07) is 5.99. The van der Waals surface area contributed by atoms with Gasteiger partial charge in [0, 0.05) is 19.0 Å². The number of rotatable bonds is 4. The molecule has 3 aromatic rings. The number of aliphatic hydroxyl groups is 1. The lowest BCUT2D eigenvalue weighted by Crippen LogP contribution is -2.35. The number of anilines is 3. The van der Waals surface area contributed by atoms with Gasteiger partial charge >= 0.3 is 0 Å². The van der Waals surface area contributed by atoms with E-state index in [9.17, 15) is 5.11 Å². The van der Waals surface area contributed by atoms with Crippen LogP contribution in [0, 0.1) is 0 Å². The quantitative estimate of drug-likeness (QED) is 0.636. The minimum Gasteiger partial charge on any atom is -0.393 e. The summed E-state index contributed by atoms with van der Waals surface area (Å²) in [5.74, 6) is 1.34. The molecule has 7 nitrogen and oxygen atoms in total. The Kier molecular flexibility index (Phi) is 6.12. The third-order valence-corrected chi connectivity index (χ3v) is 6.73. The molecule has 0 atom stereocenters. The zero-order valence-electron chi connectivity index (χ0n) is 16.1. The molecular weight excluding hydrogens is 408 g/mol. The predicted molar refractivity (Wildman–Crippen MR) is 119 cm³/mol. The largest absolute Gasteiger partial charge is 0.393 e. The van der Waals surface area contributed by atoms with Crippen LogP contribution in [0.4, 0.5) is 16.6 Å². The van der Waals surface area contributed by atoms with Crippen molar-refractivity contribution in [3.8, 4) is 0 Å². The molecule has 29 heavy (non-hydrogen) atoms. The van der Waals surface area contributed by atoms with E-state index in [0.29, 0.717) is 5.92 Å². The molecular formula is C20H25ClN6OS. The highest BCUT2D eigenvalue weighted by molar-refractivity contribution is 7.15. The second-order valence-corrected chi connectivity index (χ2v) is 8.71. The monoisotopic (exact) mass is 432 g/mol. The van der Waals surface area contributed by atoms with Gasteiger partial charge in [0.05, 0.1) is 29.0 Å². The first-order chi connectivity index (χ1) is 13.7. The molecule has 3 aromatic heterocycles. The molecule has 0 bridgehead atoms. The number of piperidine rings is 1. The Morgan fingerprint density at radius 2 is 1.83 bits per heavy atom. The van der Waals surface area contributed by atoms with Gasteiger partial charge in [0.15, 0.2) is 0 Å². The van der Waals surface area contributed by atoms with E-state index in [-0.39, 0.29) is 18.5 Å². The van der Waals surface area contributed by atoms with Gasteiger partial charge in [-0.25, -0.2) is 4.98 Å². The van der Waals surface area contributed by atoms with Gasteiger partial charge in [-0.05, 0) is 43.9 Å². The number of hydrogen-bond donors (Lipinski definition) is 2. The van der Waals surface area contributed by atoms with Crippen LogP contribution in [-0.2, 0) is 0 Å². The topological polar surface area (TPSA) is 87.1 Å². The zero-order chi connectivity index (χ0) is 18.9. The molecule has 2 fully saturated rings. The van der Waals surface area contributed by atoms with Crippen LogP contribution < -0.4 is 10.2 Å². The summed E-state index contributed by atoms with van der Waals surface area (Å²) in [5, 5.41) is 23.6. The van der Waals surface area contributed by atoms with Crippen molar-refractivity contribution in [3.05, 3.63) is 29.4 Å². The van der Waals surface area contributed by atoms with Gasteiger partial charge in [-0.3, -0.25) is 4.98 Å². The normalized spacial score (nSPS) is 18.2. The van der Waals surface area contributed by atoms with E-state index in [1.54, 1.807) is 11.3 Å². The first-order valence-electron chi connectivity index (χ1n) is 10.0. The average Bonchev–Trinajstić information content (AvgIpc) is 3.40. The molecule has 0 amide bonds. The van der Waals surface area contributed by atoms with E-state index in [0.717, 1.165) is 58.6 Å². The van der Waals surface area contributed by atoms with E-state index < -0.39 is 0 Å². The summed E-state index contributed by atoms with van der Waals surface area (Å²) in [4.78, 5) is 11.6. The molecule has 0 aromatic carbocycles. The molecule has 9 heteroatoms. The standard InChI is InChI=1S/C20H24N6OS.ClH/c27-15-7-9-26(10-8-15)14-11-17-16(21-12-14)5-6-18(22-17)23-20-25-24-19(28-20)13-3-1-2-4-13;/h5-6,11-13,15,27H,1-4,7-10H2,(H,22,23,25);1H. The van der Waals surface area contributed by atoms with Gasteiger partial charge in [-0.2, -0.15) is 0 Å². The Labute approximate surface area is 180 Å². The number of aromatic nitrogens is 4. The maximum atomic E-state index is 9.72. The van der Waals surface area contributed by atoms with Gasteiger partial charge in [-0.15, -0.1) is 22.6 Å². The van der Waals surface area contributed by atoms with E-state index in [1.165, 1.54) is 25.7 Å². The third-order valence-electron chi connectivity index (χ3n) is 5.73. The molecule has 2 aliphatic rings. The Bertz CT molecular complexity index is 969. The summed E-state index contributed by atoms with van der Waals surface area (Å²) in [7, 11) is 0. The van der Waals surface area contributed by atoms with Gasteiger partial charge < -0.3 is 15.3 Å². The molecule has 1 saturated heterocycles. The van der Waals surface area contributed by atoms with Crippen molar-refractivity contribution >= 4 is 51.4 Å². The van der Waals surface area contributed by atoms with E-state index in [1.807, 2.05) is 18.3 Å². The van der Waals surface area contributed by atoms with Crippen molar-refractivity contribution < 1.29 is 5.11 Å². The van der Waals surface area contributed by atoms with Crippen molar-refractivity contribution in [3.63, 3.8) is 0 Å². The SMILES string of the molecule is Cl.OC1CCN(c2cnc3ccc(Nc4nnc(C5CCCC5)s4)nc3c2)CC1. The number of fused-ring (bicyclic) bond motifs is 1. The predicted octanol–water partition coefficient (Wildman–Crippen LogP) is 4.27. The lowest BCUT2D eigenvalue weighted by atomic mass is 10.1. The van der Waals surface area contributed by atoms with E-state index in [4.69, 9.17) is 4.98 Å². The van der Waals surface area contributed by atoms with Crippen molar-refractivity contribution in [2.45, 2.75) is 50.5 Å². The number of halogens is 1. The lowest BCUT2D eigenvalue weighted by molar-refractivity contribution is 0.145. The number of pyridine rings is 2. The van der Waals surface area contributed by atoms with Crippen molar-refractivity contribution in [2.24, 2.45) is 0 Å². The molecule has 0 spiro atoms. The summed E-state index contributed by atoms with van der Waals surface area (Å²) in [6.45, 7) is 1.70. The van der Waals surface area contributed by atoms with Gasteiger partial charge in [0.25, 0.3) is 0 Å². The third kappa shape index (κ3) is 4.44. The number of aliphatic hydroxyl groups excluding tert-OH is 1. The summed E-state index contributed by atoms with van der Waals surface area (Å²) in [6.07, 6.45) is 8.36. The molecule has 1 aliphatic carbocycles. The summed E-state index contributed by atoms with van der Waals surface area (Å²) in [5.41, 5.74) is 2.79. The molecule has 5 rings (SSSR count). The number of nitrogens with one attached hydrogen (secondary N) is 1. The first kappa shape index (κ1) is 20.3. The van der Waals surface area contributed by atoms with Crippen molar-refractivity contribution in [1.82, 2.24) is 20.2 Å². The Hall–Kier alpha value is -2.03. The van der Waals surface area contributed by atoms with Crippen LogP contribution in [0.2, 0.25) is 0 Å². The lowest BCUT2D eigenvalue weighted by Gasteiger charge is -2.31. The fraction of sp³-hybridized carbons (Fsp3) is 0.500.